The largest absolute Gasteiger partial charge is 0.233 e. The van der Waals surface area contributed by atoms with Crippen LogP contribution >= 0.6 is 0 Å². The zero-order valence-corrected chi connectivity index (χ0v) is 17.9. The summed E-state index contributed by atoms with van der Waals surface area (Å²) in [6.45, 7) is 13.4. The van der Waals surface area contributed by atoms with Gasteiger partial charge in [-0.3, -0.25) is 0 Å². The van der Waals surface area contributed by atoms with Gasteiger partial charge in [-0.2, -0.15) is 0 Å². The number of hydrogen-bond acceptors (Lipinski definition) is 1. The van der Waals surface area contributed by atoms with E-state index < -0.39 is 0 Å². The van der Waals surface area contributed by atoms with E-state index in [0.717, 1.165) is 23.1 Å². The van der Waals surface area contributed by atoms with Crippen molar-refractivity contribution in [1.82, 2.24) is 0 Å². The van der Waals surface area contributed by atoms with Crippen LogP contribution in [0.1, 0.15) is 81.7 Å². The predicted molar refractivity (Wildman–Crippen MR) is 117 cm³/mol. The van der Waals surface area contributed by atoms with E-state index in [1.54, 1.807) is 0 Å². The first kappa shape index (κ1) is 21.2. The van der Waals surface area contributed by atoms with E-state index in [1.807, 2.05) is 12.1 Å². The van der Waals surface area contributed by atoms with Crippen LogP contribution in [0.3, 0.4) is 0 Å². The van der Waals surface area contributed by atoms with Gasteiger partial charge in [-0.05, 0) is 65.0 Å². The Labute approximate surface area is 165 Å². The van der Waals surface area contributed by atoms with Crippen molar-refractivity contribution in [2.24, 2.45) is 5.92 Å². The number of benzene rings is 2. The first-order chi connectivity index (χ1) is 12.9. The lowest BCUT2D eigenvalue weighted by atomic mass is 9.69. The first-order valence-corrected chi connectivity index (χ1v) is 10.3. The summed E-state index contributed by atoms with van der Waals surface area (Å²) in [6.07, 6.45) is 4.59. The molecule has 0 aliphatic heterocycles. The van der Waals surface area contributed by atoms with Crippen LogP contribution in [-0.2, 0) is 16.6 Å². The van der Waals surface area contributed by atoms with Crippen LogP contribution in [0.25, 0.3) is 5.57 Å². The normalized spacial score (nSPS) is 12.5. The average molecular weight is 363 g/mol. The SMILES string of the molecule is CCCC(CC)C(C)(C)c1ccc(C)c(C(=C=O)c2ccc(CC)cc2)c1. The fourth-order valence-corrected chi connectivity index (χ4v) is 4.13. The van der Waals surface area contributed by atoms with Gasteiger partial charge in [0.1, 0.15) is 5.94 Å². The van der Waals surface area contributed by atoms with Crippen LogP contribution in [0, 0.1) is 12.8 Å². The highest BCUT2D eigenvalue weighted by Crippen LogP contribution is 2.38. The fourth-order valence-electron chi connectivity index (χ4n) is 4.13. The van der Waals surface area contributed by atoms with Crippen molar-refractivity contribution in [3.8, 4) is 0 Å². The van der Waals surface area contributed by atoms with E-state index in [9.17, 15) is 4.79 Å². The van der Waals surface area contributed by atoms with Gasteiger partial charge in [0.05, 0.1) is 5.57 Å². The molecular weight excluding hydrogens is 328 g/mol. The Hall–Kier alpha value is -2.11. The zero-order chi connectivity index (χ0) is 20.0. The molecule has 0 radical (unpaired) electrons. The van der Waals surface area contributed by atoms with Crippen molar-refractivity contribution in [2.45, 2.75) is 72.6 Å². The van der Waals surface area contributed by atoms with Gasteiger partial charge >= 0.3 is 0 Å². The molecule has 144 valence electrons. The Balaban J connectivity index is 2.50. The van der Waals surface area contributed by atoms with Crippen LogP contribution in [0.2, 0.25) is 0 Å². The second kappa shape index (κ2) is 9.20. The maximum absolute atomic E-state index is 11.9. The van der Waals surface area contributed by atoms with E-state index in [4.69, 9.17) is 0 Å². The van der Waals surface area contributed by atoms with Crippen LogP contribution in [0.4, 0.5) is 0 Å². The Morgan fingerprint density at radius 3 is 2.22 bits per heavy atom. The molecule has 27 heavy (non-hydrogen) atoms. The van der Waals surface area contributed by atoms with Crippen molar-refractivity contribution in [3.63, 3.8) is 0 Å². The van der Waals surface area contributed by atoms with Gasteiger partial charge < -0.3 is 0 Å². The fraction of sp³-hybridized carbons (Fsp3) is 0.462. The van der Waals surface area contributed by atoms with Crippen molar-refractivity contribution >= 4 is 11.5 Å². The third kappa shape index (κ3) is 4.60. The number of rotatable bonds is 8. The maximum atomic E-state index is 11.9. The van der Waals surface area contributed by atoms with Gasteiger partial charge in [-0.15, -0.1) is 0 Å². The number of hydrogen-bond donors (Lipinski definition) is 0. The molecule has 0 saturated carbocycles. The summed E-state index contributed by atoms with van der Waals surface area (Å²) >= 11 is 0. The Kier molecular flexibility index (Phi) is 7.22. The molecule has 0 aliphatic rings. The summed E-state index contributed by atoms with van der Waals surface area (Å²) < 4.78 is 0. The van der Waals surface area contributed by atoms with Gasteiger partial charge in [0.15, 0.2) is 0 Å². The summed E-state index contributed by atoms with van der Waals surface area (Å²) in [5.74, 6) is 2.86. The zero-order valence-electron chi connectivity index (χ0n) is 17.9. The lowest BCUT2D eigenvalue weighted by Gasteiger charge is -2.35. The second-order valence-corrected chi connectivity index (χ2v) is 8.17. The molecule has 1 atom stereocenters. The first-order valence-electron chi connectivity index (χ1n) is 10.3. The van der Waals surface area contributed by atoms with Crippen LogP contribution in [-0.4, -0.2) is 5.94 Å². The van der Waals surface area contributed by atoms with Gasteiger partial charge in [-0.25, -0.2) is 4.79 Å². The average Bonchev–Trinajstić information content (AvgIpc) is 2.68. The lowest BCUT2D eigenvalue weighted by Crippen LogP contribution is -2.28. The van der Waals surface area contributed by atoms with Crippen molar-refractivity contribution in [2.75, 3.05) is 0 Å². The highest BCUT2D eigenvalue weighted by molar-refractivity contribution is 5.98. The van der Waals surface area contributed by atoms with E-state index >= 15 is 0 Å². The third-order valence-corrected chi connectivity index (χ3v) is 6.15. The topological polar surface area (TPSA) is 17.1 Å². The molecule has 2 aromatic rings. The van der Waals surface area contributed by atoms with Crippen molar-refractivity contribution < 1.29 is 4.79 Å². The van der Waals surface area contributed by atoms with Gasteiger partial charge in [0.2, 0.25) is 0 Å². The quantitative estimate of drug-likeness (QED) is 0.466. The van der Waals surface area contributed by atoms with Crippen molar-refractivity contribution in [1.29, 1.82) is 0 Å². The minimum Gasteiger partial charge on any atom is -0.233 e. The molecular formula is C26H34O. The van der Waals surface area contributed by atoms with Gasteiger partial charge in [0.25, 0.3) is 0 Å². The number of carbonyl (C=O) groups excluding carboxylic acids is 1. The summed E-state index contributed by atoms with van der Waals surface area (Å²) in [7, 11) is 0. The molecule has 0 amide bonds. The Bertz CT molecular complexity index is 805. The highest BCUT2D eigenvalue weighted by Gasteiger charge is 2.30. The third-order valence-electron chi connectivity index (χ3n) is 6.15. The summed E-state index contributed by atoms with van der Waals surface area (Å²) in [5.41, 5.74) is 6.40. The molecule has 1 nitrogen and oxygen atoms in total. The number of aryl methyl sites for hydroxylation is 2. The summed E-state index contributed by atoms with van der Waals surface area (Å²) in [5, 5.41) is 0. The summed E-state index contributed by atoms with van der Waals surface area (Å²) in [6, 6.07) is 14.9. The summed E-state index contributed by atoms with van der Waals surface area (Å²) in [4.78, 5) is 11.9. The molecule has 0 fully saturated rings. The Morgan fingerprint density at radius 1 is 1.04 bits per heavy atom. The molecule has 2 rings (SSSR count). The van der Waals surface area contributed by atoms with Crippen molar-refractivity contribution in [3.05, 3.63) is 70.3 Å². The Morgan fingerprint density at radius 2 is 1.70 bits per heavy atom. The predicted octanol–water partition coefficient (Wildman–Crippen LogP) is 6.92. The highest BCUT2D eigenvalue weighted by atomic mass is 16.1. The van der Waals surface area contributed by atoms with E-state index in [-0.39, 0.29) is 5.41 Å². The molecule has 0 bridgehead atoms. The van der Waals surface area contributed by atoms with E-state index in [1.165, 1.54) is 30.4 Å². The molecule has 0 aliphatic carbocycles. The van der Waals surface area contributed by atoms with Crippen LogP contribution in [0.5, 0.6) is 0 Å². The molecule has 0 N–H and O–H groups in total. The molecule has 2 aromatic carbocycles. The minimum atomic E-state index is 0.0767. The second-order valence-electron chi connectivity index (χ2n) is 8.17. The smallest absolute Gasteiger partial charge is 0.133 e. The van der Waals surface area contributed by atoms with E-state index in [0.29, 0.717) is 11.5 Å². The maximum Gasteiger partial charge on any atom is 0.133 e. The molecule has 1 heteroatoms. The standard InChI is InChI=1S/C26H34O/c1-7-10-22(9-3)26(5,6)23-16-11-19(4)24(17-23)25(18-27)21-14-12-20(8-2)13-15-21/h11-17,22H,7-10H2,1-6H3. The monoisotopic (exact) mass is 362 g/mol. The molecule has 0 heterocycles. The van der Waals surface area contributed by atoms with Gasteiger partial charge in [-0.1, -0.05) is 83.9 Å². The molecule has 0 aromatic heterocycles. The molecule has 1 unspecified atom stereocenters. The van der Waals surface area contributed by atoms with E-state index in [2.05, 4.69) is 77.8 Å². The minimum absolute atomic E-state index is 0.0767. The van der Waals surface area contributed by atoms with Crippen LogP contribution < -0.4 is 0 Å². The molecule has 0 spiro atoms. The molecule has 0 saturated heterocycles. The van der Waals surface area contributed by atoms with Gasteiger partial charge in [0, 0.05) is 0 Å². The lowest BCUT2D eigenvalue weighted by molar-refractivity contribution is 0.287. The van der Waals surface area contributed by atoms with Crippen LogP contribution in [0.15, 0.2) is 42.5 Å².